The average molecular weight is 1110 g/mol. The van der Waals surface area contributed by atoms with E-state index in [-0.39, 0.29) is 6.29 Å². The number of hydrogen-bond acceptors (Lipinski definition) is 30. The smallest absolute Gasteiger partial charge is 0.397 e. The van der Waals surface area contributed by atoms with E-state index in [0.29, 0.717) is 0 Å². The van der Waals surface area contributed by atoms with Crippen molar-refractivity contribution in [1.82, 2.24) is 0 Å². The third-order valence-electron chi connectivity index (χ3n) is 10.8. The fraction of sp³-hybridized carbons (Fsp3) is 0.935. The van der Waals surface area contributed by atoms with Gasteiger partial charge in [0.25, 0.3) is 0 Å². The van der Waals surface area contributed by atoms with Gasteiger partial charge in [-0.25, -0.2) is 21.5 Å². The zero-order valence-corrected chi connectivity index (χ0v) is 38.8. The number of aliphatic hydroxyl groups excluding tert-OH is 6. The van der Waals surface area contributed by atoms with Crippen LogP contribution < -0.4 is 0 Å². The fourth-order valence-corrected chi connectivity index (χ4v) is 9.06. The SMILES string of the molecule is CO[C@@H]1C[C@@H](O)[C@H](O[C@@H]2OC(C=O)[C@H](O[C@H]3CC[C@H](O[C@@H]4OC(C(=O)O)[C@@H](O[C@@H]5C[C@@H](O)[C@H](O)C(COS(=O)(=O)O)O5)[C@H](O)C4O)C(COS(=O)(=O)O)O3)[C@@H](O)C2OS(=O)(=O)O)C(COS(=O)(=O)O)O1. The topological polar surface area (TPSA) is 522 Å². The second kappa shape index (κ2) is 24.1. The van der Waals surface area contributed by atoms with Crippen LogP contribution in [0.3, 0.4) is 0 Å². The first-order chi connectivity index (χ1) is 32.4. The summed E-state index contributed by atoms with van der Waals surface area (Å²) < 4.78 is 201. The normalized spacial score (nSPS) is 41.4. The van der Waals surface area contributed by atoms with Crippen LogP contribution in [0.2, 0.25) is 0 Å². The minimum absolute atomic E-state index is 0.0131. The summed E-state index contributed by atoms with van der Waals surface area (Å²) in [6.45, 7) is -3.33. The summed E-state index contributed by atoms with van der Waals surface area (Å²) in [6.07, 6.45) is -42.8. The summed E-state index contributed by atoms with van der Waals surface area (Å²) in [5.41, 5.74) is 0. The second-order valence-corrected chi connectivity index (χ2v) is 20.0. The molecule has 21 atom stereocenters. The highest BCUT2D eigenvalue weighted by molar-refractivity contribution is 7.81. The Kier molecular flexibility index (Phi) is 20.3. The molecule has 0 radical (unpaired) electrons. The van der Waals surface area contributed by atoms with Gasteiger partial charge in [-0.2, -0.15) is 33.7 Å². The van der Waals surface area contributed by atoms with Crippen LogP contribution in [0, 0.1) is 0 Å². The van der Waals surface area contributed by atoms with Gasteiger partial charge in [0.1, 0.15) is 67.1 Å². The van der Waals surface area contributed by atoms with E-state index in [2.05, 4.69) is 16.7 Å². The molecule has 11 N–H and O–H groups in total. The van der Waals surface area contributed by atoms with Crippen LogP contribution in [0.25, 0.3) is 0 Å². The van der Waals surface area contributed by atoms with E-state index in [1.165, 1.54) is 0 Å². The number of rotatable bonds is 22. The van der Waals surface area contributed by atoms with Crippen molar-refractivity contribution in [1.29, 1.82) is 0 Å². The predicted octanol–water partition coefficient (Wildman–Crippen LogP) is -7.55. The molecule has 5 saturated heterocycles. The maximum Gasteiger partial charge on any atom is 0.397 e. The van der Waals surface area contributed by atoms with Gasteiger partial charge in [-0.15, -0.1) is 0 Å². The first kappa shape index (κ1) is 58.9. The van der Waals surface area contributed by atoms with Gasteiger partial charge in [-0.05, 0) is 6.42 Å². The second-order valence-electron chi connectivity index (χ2n) is 15.7. The molecular formula is C31H50O35S4. The summed E-state index contributed by atoms with van der Waals surface area (Å²) in [5, 5.41) is 74.9. The number of carbonyl (C=O) groups excluding carboxylic acids is 1. The highest BCUT2D eigenvalue weighted by Crippen LogP contribution is 2.36. The molecule has 39 heteroatoms. The summed E-state index contributed by atoms with van der Waals surface area (Å²) in [5.74, 6) is -1.87. The van der Waals surface area contributed by atoms with Gasteiger partial charge < -0.3 is 87.9 Å². The summed E-state index contributed by atoms with van der Waals surface area (Å²) in [4.78, 5) is 24.8. The van der Waals surface area contributed by atoms with E-state index < -0.39 is 222 Å². The van der Waals surface area contributed by atoms with Crippen LogP contribution >= 0.6 is 0 Å². The number of aldehydes is 1. The molecule has 0 spiro atoms. The number of aliphatic hydroxyl groups is 6. The monoisotopic (exact) mass is 1110 g/mol. The minimum atomic E-state index is -5.58. The number of carboxylic acid groups (broad SMARTS) is 1. The molecule has 70 heavy (non-hydrogen) atoms. The molecule has 7 unspecified atom stereocenters. The van der Waals surface area contributed by atoms with Crippen molar-refractivity contribution in [3.8, 4) is 0 Å². The summed E-state index contributed by atoms with van der Waals surface area (Å²) in [6, 6.07) is 0. The number of carboxylic acids is 1. The first-order valence-electron chi connectivity index (χ1n) is 20.1. The molecule has 0 amide bonds. The molecule has 408 valence electrons. The molecule has 0 saturated carbocycles. The van der Waals surface area contributed by atoms with Crippen molar-refractivity contribution >= 4 is 53.9 Å². The van der Waals surface area contributed by atoms with Crippen molar-refractivity contribution < 1.29 is 161 Å². The molecule has 5 rings (SSSR count). The van der Waals surface area contributed by atoms with Crippen molar-refractivity contribution in [3.05, 3.63) is 0 Å². The zero-order valence-electron chi connectivity index (χ0n) is 35.5. The Morgan fingerprint density at radius 3 is 1.64 bits per heavy atom. The lowest BCUT2D eigenvalue weighted by Gasteiger charge is -2.47. The Labute approximate surface area is 395 Å². The van der Waals surface area contributed by atoms with Crippen molar-refractivity contribution in [2.45, 2.75) is 155 Å². The Bertz CT molecular complexity index is 2200. The van der Waals surface area contributed by atoms with E-state index in [0.717, 1.165) is 7.11 Å². The zero-order chi connectivity index (χ0) is 52.3. The quantitative estimate of drug-likeness (QED) is 0.0354. The Morgan fingerprint density at radius 1 is 0.543 bits per heavy atom. The number of aliphatic carboxylic acids is 1. The molecule has 5 aliphatic heterocycles. The van der Waals surface area contributed by atoms with Gasteiger partial charge in [0.05, 0.1) is 38.1 Å². The maximum atomic E-state index is 12.4. The number of carbonyl (C=O) groups is 2. The molecule has 5 fully saturated rings. The minimum Gasteiger partial charge on any atom is -0.479 e. The molecule has 0 aromatic heterocycles. The largest absolute Gasteiger partial charge is 0.479 e. The number of hydrogen-bond donors (Lipinski definition) is 11. The molecule has 0 aromatic carbocycles. The summed E-state index contributed by atoms with van der Waals surface area (Å²) in [7, 11) is -20.0. The molecule has 35 nitrogen and oxygen atoms in total. The van der Waals surface area contributed by atoms with Crippen molar-refractivity contribution in [2.24, 2.45) is 0 Å². The lowest BCUT2D eigenvalue weighted by Crippen LogP contribution is -2.64. The van der Waals surface area contributed by atoms with Crippen LogP contribution in [0.5, 0.6) is 0 Å². The first-order valence-corrected chi connectivity index (χ1v) is 25.5. The Morgan fingerprint density at radius 2 is 1.09 bits per heavy atom. The van der Waals surface area contributed by atoms with E-state index in [1.54, 1.807) is 0 Å². The third-order valence-corrected chi connectivity index (χ3v) is 12.6. The summed E-state index contributed by atoms with van der Waals surface area (Å²) >= 11 is 0. The van der Waals surface area contributed by atoms with Crippen molar-refractivity contribution in [2.75, 3.05) is 26.9 Å². The van der Waals surface area contributed by atoms with Gasteiger partial charge >= 0.3 is 47.6 Å². The third kappa shape index (κ3) is 16.5. The van der Waals surface area contributed by atoms with Crippen LogP contribution in [0.15, 0.2) is 0 Å². The lowest BCUT2D eigenvalue weighted by molar-refractivity contribution is -0.361. The van der Waals surface area contributed by atoms with Gasteiger partial charge in [0.15, 0.2) is 49.9 Å². The van der Waals surface area contributed by atoms with E-state index in [4.69, 9.17) is 56.5 Å². The predicted molar refractivity (Wildman–Crippen MR) is 207 cm³/mol. The van der Waals surface area contributed by atoms with Crippen molar-refractivity contribution in [3.63, 3.8) is 0 Å². The molecule has 5 heterocycles. The van der Waals surface area contributed by atoms with E-state index >= 15 is 0 Å². The molecule has 5 aliphatic rings. The lowest BCUT2D eigenvalue weighted by atomic mass is 9.97. The van der Waals surface area contributed by atoms with Gasteiger partial charge in [0, 0.05) is 26.4 Å². The van der Waals surface area contributed by atoms with Crippen LogP contribution in [-0.4, -0.2) is 256 Å². The van der Waals surface area contributed by atoms with Crippen LogP contribution in [-0.2, 0) is 115 Å². The highest BCUT2D eigenvalue weighted by atomic mass is 32.3. The average Bonchev–Trinajstić information content (AvgIpc) is 3.24. The molecule has 0 aliphatic carbocycles. The van der Waals surface area contributed by atoms with E-state index in [9.17, 15) is 88.1 Å². The molecule has 0 bridgehead atoms. The molecular weight excluding hydrogens is 1060 g/mol. The van der Waals surface area contributed by atoms with Crippen LogP contribution in [0.1, 0.15) is 25.7 Å². The number of ether oxygens (including phenoxy) is 10. The standard InChI is InChI=1S/C31H50O35S4/c1-53-18-5-11(34)24(16(59-18)9-56-69(47,48)49)64-31-27(66-70(50,51)52)23(38)25(13(6-32)61-31)62-17-3-2-12(14(57-17)7-54-67(41,42)43)60-30-22(37)21(36)26(28(65-30)29(39)40)63-19-4-10(33)20(35)15(58-19)8-55-68(44,45)46/h6,10-28,30-31,33-38H,2-5,7-9H2,1H3,(H,39,40)(H,41,42,43)(H,44,45,46)(H,47,48,49)(H,50,51,52)/t10-,11-,12+,13?,14?,15?,16?,17+,18+,19-,20+,21-,22?,23-,24+,25+,26+,27?,28?,30-,31+/m1/s1. The molecule has 0 aromatic rings. The number of methoxy groups -OCH3 is 1. The van der Waals surface area contributed by atoms with Gasteiger partial charge in [-0.1, -0.05) is 0 Å². The van der Waals surface area contributed by atoms with Gasteiger partial charge in [-0.3, -0.25) is 18.2 Å². The van der Waals surface area contributed by atoms with Gasteiger partial charge in [0.2, 0.25) is 0 Å². The van der Waals surface area contributed by atoms with E-state index in [1.807, 2.05) is 0 Å². The Hall–Kier alpha value is -2.02. The fourth-order valence-electron chi connectivity index (χ4n) is 7.66. The Balaban J connectivity index is 1.31. The highest BCUT2D eigenvalue weighted by Gasteiger charge is 2.55. The maximum absolute atomic E-state index is 12.4. The van der Waals surface area contributed by atoms with Crippen LogP contribution in [0.4, 0.5) is 0 Å².